The number of methoxy groups -OCH3 is 1. The van der Waals surface area contributed by atoms with Gasteiger partial charge >= 0.3 is 0 Å². The molecule has 0 heterocycles. The number of hydrogen-bond acceptors (Lipinski definition) is 4. The summed E-state index contributed by atoms with van der Waals surface area (Å²) in [6, 6.07) is 12.0. The average Bonchev–Trinajstić information content (AvgIpc) is 2.60. The molecule has 0 aliphatic carbocycles. The first kappa shape index (κ1) is 19.0. The molecule has 2 aromatic rings. The fourth-order valence-electron chi connectivity index (χ4n) is 2.41. The van der Waals surface area contributed by atoms with Crippen molar-refractivity contribution in [3.8, 4) is 5.75 Å². The molecule has 0 aliphatic heterocycles. The van der Waals surface area contributed by atoms with Gasteiger partial charge in [-0.3, -0.25) is 4.79 Å². The lowest BCUT2D eigenvalue weighted by atomic mass is 10.1. The number of aryl methyl sites for hydroxylation is 2. The third kappa shape index (κ3) is 4.80. The predicted molar refractivity (Wildman–Crippen MR) is 97.4 cm³/mol. The number of anilines is 1. The molecule has 0 atom stereocenters. The molecule has 0 saturated carbocycles. The summed E-state index contributed by atoms with van der Waals surface area (Å²) in [4.78, 5) is 12.2. The number of sulfonamides is 1. The van der Waals surface area contributed by atoms with E-state index in [0.717, 1.165) is 12.0 Å². The van der Waals surface area contributed by atoms with Crippen molar-refractivity contribution in [3.05, 3.63) is 53.6 Å². The molecule has 0 unspecified atom stereocenters. The second kappa shape index (κ2) is 8.13. The summed E-state index contributed by atoms with van der Waals surface area (Å²) in [6.45, 7) is 3.40. The van der Waals surface area contributed by atoms with Crippen LogP contribution in [-0.4, -0.2) is 28.0 Å². The Morgan fingerprint density at radius 2 is 1.88 bits per heavy atom. The van der Waals surface area contributed by atoms with Crippen LogP contribution in [0.3, 0.4) is 0 Å². The van der Waals surface area contributed by atoms with E-state index in [1.165, 1.54) is 19.2 Å². The quantitative estimate of drug-likeness (QED) is 0.792. The minimum absolute atomic E-state index is 0.0903. The third-order valence-electron chi connectivity index (χ3n) is 3.77. The molecular formula is C18H22N2O4S. The van der Waals surface area contributed by atoms with E-state index < -0.39 is 15.9 Å². The molecule has 6 nitrogen and oxygen atoms in total. The van der Waals surface area contributed by atoms with Gasteiger partial charge in [0.15, 0.2) is 0 Å². The first-order valence-corrected chi connectivity index (χ1v) is 9.37. The number of hydrogen-bond donors (Lipinski definition) is 2. The molecule has 2 rings (SSSR count). The van der Waals surface area contributed by atoms with E-state index in [-0.39, 0.29) is 11.4 Å². The van der Waals surface area contributed by atoms with Gasteiger partial charge in [-0.1, -0.05) is 25.1 Å². The van der Waals surface area contributed by atoms with Gasteiger partial charge in [0.25, 0.3) is 0 Å². The third-order valence-corrected chi connectivity index (χ3v) is 5.17. The van der Waals surface area contributed by atoms with E-state index >= 15 is 0 Å². The molecule has 2 aromatic carbocycles. The van der Waals surface area contributed by atoms with Crippen molar-refractivity contribution in [3.63, 3.8) is 0 Å². The summed E-state index contributed by atoms with van der Waals surface area (Å²) in [6.07, 6.45) is 0.771. The van der Waals surface area contributed by atoms with Gasteiger partial charge in [0.1, 0.15) is 5.75 Å². The highest BCUT2D eigenvalue weighted by Gasteiger charge is 2.17. The summed E-state index contributed by atoms with van der Waals surface area (Å²) >= 11 is 0. The van der Waals surface area contributed by atoms with Gasteiger partial charge < -0.3 is 10.1 Å². The van der Waals surface area contributed by atoms with E-state index in [1.54, 1.807) is 19.1 Å². The number of rotatable bonds is 7. The van der Waals surface area contributed by atoms with E-state index in [0.29, 0.717) is 17.0 Å². The number of para-hydroxylation sites is 1. The molecule has 134 valence electrons. The predicted octanol–water partition coefficient (Wildman–Crippen LogP) is 2.48. The van der Waals surface area contributed by atoms with Crippen molar-refractivity contribution in [1.29, 1.82) is 0 Å². The lowest BCUT2D eigenvalue weighted by Gasteiger charge is -2.11. The summed E-state index contributed by atoms with van der Waals surface area (Å²) < 4.78 is 32.1. The Kier molecular flexibility index (Phi) is 6.17. The molecule has 1 amide bonds. The van der Waals surface area contributed by atoms with Crippen molar-refractivity contribution in [1.82, 2.24) is 4.72 Å². The van der Waals surface area contributed by atoms with Gasteiger partial charge in [0, 0.05) is 5.69 Å². The standard InChI is InChI=1S/C18H22N2O4S/c1-4-14-7-5-6-8-16(14)20-18(21)12-19-25(22,23)15-9-10-17(24-3)13(2)11-15/h5-11,19H,4,12H2,1-3H3,(H,20,21). The highest BCUT2D eigenvalue weighted by Crippen LogP contribution is 2.21. The maximum absolute atomic E-state index is 12.3. The minimum Gasteiger partial charge on any atom is -0.496 e. The largest absolute Gasteiger partial charge is 0.496 e. The Labute approximate surface area is 148 Å². The zero-order chi connectivity index (χ0) is 18.4. The van der Waals surface area contributed by atoms with E-state index in [1.807, 2.05) is 25.1 Å². The van der Waals surface area contributed by atoms with E-state index in [4.69, 9.17) is 4.74 Å². The topological polar surface area (TPSA) is 84.5 Å². The zero-order valence-corrected chi connectivity index (χ0v) is 15.3. The molecule has 0 radical (unpaired) electrons. The van der Waals surface area contributed by atoms with Gasteiger partial charge in [0.2, 0.25) is 15.9 Å². The van der Waals surface area contributed by atoms with Crippen LogP contribution in [0, 0.1) is 6.92 Å². The van der Waals surface area contributed by atoms with Crippen LogP contribution in [0.2, 0.25) is 0 Å². The van der Waals surface area contributed by atoms with Gasteiger partial charge in [-0.25, -0.2) is 13.1 Å². The van der Waals surface area contributed by atoms with Crippen LogP contribution in [0.4, 0.5) is 5.69 Å². The lowest BCUT2D eigenvalue weighted by Crippen LogP contribution is -2.33. The Morgan fingerprint density at radius 3 is 2.52 bits per heavy atom. The van der Waals surface area contributed by atoms with Crippen molar-refractivity contribution in [2.75, 3.05) is 19.0 Å². The van der Waals surface area contributed by atoms with Crippen LogP contribution < -0.4 is 14.8 Å². The maximum atomic E-state index is 12.3. The van der Waals surface area contributed by atoms with Crippen molar-refractivity contribution in [2.45, 2.75) is 25.2 Å². The number of carbonyl (C=O) groups is 1. The number of ether oxygens (including phenoxy) is 1. The summed E-state index contributed by atoms with van der Waals surface area (Å²) in [7, 11) is -2.26. The molecule has 2 N–H and O–H groups in total. The molecule has 25 heavy (non-hydrogen) atoms. The van der Waals surface area contributed by atoms with Gasteiger partial charge in [-0.15, -0.1) is 0 Å². The zero-order valence-electron chi connectivity index (χ0n) is 14.5. The van der Waals surface area contributed by atoms with Crippen LogP contribution in [0.15, 0.2) is 47.4 Å². The Morgan fingerprint density at radius 1 is 1.16 bits per heavy atom. The Bertz CT molecular complexity index is 863. The van der Waals surface area contributed by atoms with Crippen LogP contribution in [-0.2, 0) is 21.2 Å². The van der Waals surface area contributed by atoms with Crippen LogP contribution >= 0.6 is 0 Å². The van der Waals surface area contributed by atoms with Crippen LogP contribution in [0.5, 0.6) is 5.75 Å². The second-order valence-corrected chi connectivity index (χ2v) is 7.28. The first-order chi connectivity index (χ1) is 11.9. The maximum Gasteiger partial charge on any atom is 0.241 e. The summed E-state index contributed by atoms with van der Waals surface area (Å²) in [5.74, 6) is 0.183. The van der Waals surface area contributed by atoms with Crippen LogP contribution in [0.25, 0.3) is 0 Å². The monoisotopic (exact) mass is 362 g/mol. The molecular weight excluding hydrogens is 340 g/mol. The normalized spacial score (nSPS) is 11.2. The Balaban J connectivity index is 2.04. The number of nitrogens with one attached hydrogen (secondary N) is 2. The molecule has 0 saturated heterocycles. The lowest BCUT2D eigenvalue weighted by molar-refractivity contribution is -0.115. The first-order valence-electron chi connectivity index (χ1n) is 7.89. The van der Waals surface area contributed by atoms with Crippen molar-refractivity contribution < 1.29 is 17.9 Å². The average molecular weight is 362 g/mol. The van der Waals surface area contributed by atoms with Crippen LogP contribution in [0.1, 0.15) is 18.1 Å². The molecule has 0 aromatic heterocycles. The van der Waals surface area contributed by atoms with Gasteiger partial charge in [-0.2, -0.15) is 0 Å². The van der Waals surface area contributed by atoms with Gasteiger partial charge in [0.05, 0.1) is 18.6 Å². The smallest absolute Gasteiger partial charge is 0.241 e. The van der Waals surface area contributed by atoms with E-state index in [2.05, 4.69) is 10.0 Å². The highest BCUT2D eigenvalue weighted by atomic mass is 32.2. The molecule has 7 heteroatoms. The van der Waals surface area contributed by atoms with E-state index in [9.17, 15) is 13.2 Å². The highest BCUT2D eigenvalue weighted by molar-refractivity contribution is 7.89. The second-order valence-electron chi connectivity index (χ2n) is 5.51. The molecule has 0 fully saturated rings. The van der Waals surface area contributed by atoms with Crippen molar-refractivity contribution in [2.24, 2.45) is 0 Å². The summed E-state index contributed by atoms with van der Waals surface area (Å²) in [5, 5.41) is 2.73. The Hall–Kier alpha value is -2.38. The fourth-order valence-corrected chi connectivity index (χ4v) is 3.47. The van der Waals surface area contributed by atoms with Crippen molar-refractivity contribution >= 4 is 21.6 Å². The summed E-state index contributed by atoms with van der Waals surface area (Å²) in [5.41, 5.74) is 2.38. The molecule has 0 spiro atoms. The number of benzene rings is 2. The molecule has 0 bridgehead atoms. The SMILES string of the molecule is CCc1ccccc1NC(=O)CNS(=O)(=O)c1ccc(OC)c(C)c1. The van der Waals surface area contributed by atoms with Gasteiger partial charge in [-0.05, 0) is 48.7 Å². The number of amides is 1. The number of carbonyl (C=O) groups excluding carboxylic acids is 1. The molecule has 0 aliphatic rings. The fraction of sp³-hybridized carbons (Fsp3) is 0.278. The minimum atomic E-state index is -3.78.